The largest absolute Gasteiger partial charge is 0.457 e. The molecule has 3 N–H and O–H groups in total. The quantitative estimate of drug-likeness (QED) is 0.440. The summed E-state index contributed by atoms with van der Waals surface area (Å²) >= 11 is 0. The highest BCUT2D eigenvalue weighted by Crippen LogP contribution is 2.32. The van der Waals surface area contributed by atoms with Gasteiger partial charge in [-0.3, -0.25) is 4.79 Å². The number of rotatable bonds is 7. The Kier molecular flexibility index (Phi) is 7.24. The zero-order valence-electron chi connectivity index (χ0n) is 20.4. The van der Waals surface area contributed by atoms with Gasteiger partial charge in [-0.05, 0) is 60.9 Å². The normalized spacial score (nSPS) is 18.9. The maximum absolute atomic E-state index is 13.9. The summed E-state index contributed by atoms with van der Waals surface area (Å²) in [6.07, 6.45) is 0.502. The first-order valence-electron chi connectivity index (χ1n) is 12.4. The molecular weight excluding hydrogens is 497 g/mol. The Labute approximate surface area is 218 Å². The summed E-state index contributed by atoms with van der Waals surface area (Å²) < 4.78 is 46.3. The molecule has 5 rings (SSSR count). The van der Waals surface area contributed by atoms with Crippen LogP contribution in [0.5, 0.6) is 11.5 Å². The van der Waals surface area contributed by atoms with Gasteiger partial charge in [-0.15, -0.1) is 0 Å². The summed E-state index contributed by atoms with van der Waals surface area (Å²) in [6, 6.07) is 16.4. The predicted molar refractivity (Wildman–Crippen MR) is 135 cm³/mol. The number of urea groups is 1. The fourth-order valence-corrected chi connectivity index (χ4v) is 5.06. The average Bonchev–Trinajstić information content (AvgIpc) is 3.51. The number of hydrogen-bond acceptors (Lipinski definition) is 4. The van der Waals surface area contributed by atoms with Gasteiger partial charge in [0.2, 0.25) is 5.91 Å². The molecule has 0 spiro atoms. The van der Waals surface area contributed by atoms with Crippen molar-refractivity contribution in [2.24, 2.45) is 5.73 Å². The Hall–Kier alpha value is -4.05. The number of nitrogens with zero attached hydrogens (tertiary/aromatic N) is 2. The van der Waals surface area contributed by atoms with E-state index in [0.717, 1.165) is 6.07 Å². The lowest BCUT2D eigenvalue weighted by Crippen LogP contribution is -2.52. The van der Waals surface area contributed by atoms with Gasteiger partial charge < -0.3 is 25.6 Å². The lowest BCUT2D eigenvalue weighted by Gasteiger charge is -2.34. The van der Waals surface area contributed by atoms with Crippen molar-refractivity contribution in [3.63, 3.8) is 0 Å². The third-order valence-corrected chi connectivity index (χ3v) is 6.91. The molecule has 2 saturated heterocycles. The van der Waals surface area contributed by atoms with Crippen molar-refractivity contribution in [3.05, 3.63) is 89.7 Å². The number of anilines is 1. The van der Waals surface area contributed by atoms with E-state index in [0.29, 0.717) is 42.8 Å². The number of piperazine rings is 1. The third-order valence-electron chi connectivity index (χ3n) is 6.91. The van der Waals surface area contributed by atoms with E-state index in [1.54, 1.807) is 34.1 Å². The minimum atomic E-state index is -1.27. The zero-order chi connectivity index (χ0) is 26.8. The summed E-state index contributed by atoms with van der Waals surface area (Å²) in [4.78, 5) is 29.2. The molecule has 0 saturated carbocycles. The van der Waals surface area contributed by atoms with E-state index in [1.807, 2.05) is 30.3 Å². The number of carbonyl (C=O) groups is 2. The molecule has 3 atom stereocenters. The topological polar surface area (TPSA) is 87.9 Å². The molecule has 0 aromatic heterocycles. The second-order valence-electron chi connectivity index (χ2n) is 9.64. The van der Waals surface area contributed by atoms with Crippen molar-refractivity contribution in [2.75, 3.05) is 18.4 Å². The Morgan fingerprint density at radius 1 is 0.895 bits per heavy atom. The first-order valence-corrected chi connectivity index (χ1v) is 12.4. The Balaban J connectivity index is 1.11. The molecule has 0 aliphatic carbocycles. The molecule has 2 aliphatic rings. The molecule has 7 nitrogen and oxygen atoms in total. The van der Waals surface area contributed by atoms with Crippen LogP contribution < -0.4 is 15.8 Å². The second kappa shape index (κ2) is 10.7. The van der Waals surface area contributed by atoms with Crippen LogP contribution in [0.25, 0.3) is 0 Å². The number of nitrogens with two attached hydrogens (primary N) is 1. The first-order chi connectivity index (χ1) is 18.3. The molecule has 2 heterocycles. The lowest BCUT2D eigenvalue weighted by atomic mass is 10.0. The van der Waals surface area contributed by atoms with E-state index >= 15 is 0 Å². The van der Waals surface area contributed by atoms with E-state index in [4.69, 9.17) is 10.5 Å². The Morgan fingerprint density at radius 2 is 1.53 bits per heavy atom. The second-order valence-corrected chi connectivity index (χ2v) is 9.64. The molecular formula is C28H27F3N4O3. The van der Waals surface area contributed by atoms with Crippen molar-refractivity contribution >= 4 is 17.6 Å². The lowest BCUT2D eigenvalue weighted by molar-refractivity contribution is -0.133. The molecule has 3 amide bonds. The number of nitrogens with one attached hydrogen (secondary N) is 1. The maximum atomic E-state index is 13.9. The average molecular weight is 525 g/mol. The van der Waals surface area contributed by atoms with Crippen molar-refractivity contribution in [1.29, 1.82) is 0 Å². The standard InChI is InChI=1S/C28H27F3N4O3/c29-24-14-26(31)25(30)11-17(24)10-18(32)12-27(36)34-15-21-13-20(34)16-35(21)28(37)33-19-6-8-23(9-7-19)38-22-4-2-1-3-5-22/h1-9,11,14,18,20-21H,10,12-13,15-16,32H2,(H,33,37)/t18-,20+,21+/m1/s1. The van der Waals surface area contributed by atoms with E-state index in [2.05, 4.69) is 5.32 Å². The van der Waals surface area contributed by atoms with Crippen molar-refractivity contribution in [3.8, 4) is 11.5 Å². The number of ether oxygens (including phenoxy) is 1. The minimum absolute atomic E-state index is 0.0642. The van der Waals surface area contributed by atoms with Gasteiger partial charge in [0, 0.05) is 37.3 Å². The summed E-state index contributed by atoms with van der Waals surface area (Å²) in [7, 11) is 0. The van der Waals surface area contributed by atoms with Crippen LogP contribution in [0, 0.1) is 17.5 Å². The molecule has 3 aromatic rings. The van der Waals surface area contributed by atoms with E-state index in [1.165, 1.54) is 0 Å². The molecule has 2 bridgehead atoms. The number of fused-ring (bicyclic) bond motifs is 2. The fraction of sp³-hybridized carbons (Fsp3) is 0.286. The van der Waals surface area contributed by atoms with Gasteiger partial charge >= 0.3 is 6.03 Å². The molecule has 3 aromatic carbocycles. The Morgan fingerprint density at radius 3 is 2.21 bits per heavy atom. The number of carbonyl (C=O) groups excluding carboxylic acids is 2. The van der Waals surface area contributed by atoms with Gasteiger partial charge in [-0.25, -0.2) is 18.0 Å². The third kappa shape index (κ3) is 5.60. The van der Waals surface area contributed by atoms with Crippen LogP contribution in [0.3, 0.4) is 0 Å². The number of likely N-dealkylation sites (tertiary alicyclic amines) is 2. The smallest absolute Gasteiger partial charge is 0.322 e. The van der Waals surface area contributed by atoms with Gasteiger partial charge in [-0.1, -0.05) is 18.2 Å². The van der Waals surface area contributed by atoms with Gasteiger partial charge in [0.25, 0.3) is 0 Å². The number of amides is 3. The molecule has 198 valence electrons. The predicted octanol–water partition coefficient (Wildman–Crippen LogP) is 4.67. The fourth-order valence-electron chi connectivity index (χ4n) is 5.06. The molecule has 38 heavy (non-hydrogen) atoms. The minimum Gasteiger partial charge on any atom is -0.457 e. The summed E-state index contributed by atoms with van der Waals surface area (Å²) in [5, 5.41) is 2.89. The van der Waals surface area contributed by atoms with Crippen LogP contribution in [0.15, 0.2) is 66.7 Å². The van der Waals surface area contributed by atoms with Crippen LogP contribution in [0.2, 0.25) is 0 Å². The number of benzene rings is 3. The molecule has 2 fully saturated rings. The number of halogens is 3. The highest BCUT2D eigenvalue weighted by atomic mass is 19.2. The maximum Gasteiger partial charge on any atom is 0.322 e. The molecule has 0 unspecified atom stereocenters. The van der Waals surface area contributed by atoms with Gasteiger partial charge in [0.1, 0.15) is 17.3 Å². The van der Waals surface area contributed by atoms with E-state index in [9.17, 15) is 22.8 Å². The first kappa shape index (κ1) is 25.6. The summed E-state index contributed by atoms with van der Waals surface area (Å²) in [5.74, 6) is -2.17. The monoisotopic (exact) mass is 524 g/mol. The Bertz CT molecular complexity index is 1320. The van der Waals surface area contributed by atoms with Crippen LogP contribution >= 0.6 is 0 Å². The summed E-state index contributed by atoms with van der Waals surface area (Å²) in [5.41, 5.74) is 6.58. The zero-order valence-corrected chi connectivity index (χ0v) is 20.4. The van der Waals surface area contributed by atoms with Gasteiger partial charge in [0.05, 0.1) is 12.1 Å². The SMILES string of the molecule is N[C@@H](CC(=O)N1C[C@@H]2C[C@H]1CN2C(=O)Nc1ccc(Oc2ccccc2)cc1)Cc1cc(F)c(F)cc1F. The van der Waals surface area contributed by atoms with Crippen molar-refractivity contribution < 1.29 is 27.5 Å². The molecule has 0 radical (unpaired) electrons. The highest BCUT2D eigenvalue weighted by Gasteiger charge is 2.47. The van der Waals surface area contributed by atoms with E-state index < -0.39 is 23.5 Å². The van der Waals surface area contributed by atoms with Gasteiger partial charge in [-0.2, -0.15) is 0 Å². The molecule has 2 aliphatic heterocycles. The van der Waals surface area contributed by atoms with Crippen LogP contribution in [-0.4, -0.2) is 53.0 Å². The van der Waals surface area contributed by atoms with Crippen LogP contribution in [-0.2, 0) is 11.2 Å². The highest BCUT2D eigenvalue weighted by molar-refractivity contribution is 5.90. The van der Waals surface area contributed by atoms with Crippen LogP contribution in [0.4, 0.5) is 23.7 Å². The summed E-state index contributed by atoms with van der Waals surface area (Å²) in [6.45, 7) is 0.775. The number of para-hydroxylation sites is 1. The molecule has 10 heteroatoms. The van der Waals surface area contributed by atoms with Gasteiger partial charge in [0.15, 0.2) is 11.6 Å². The van der Waals surface area contributed by atoms with Crippen LogP contribution in [0.1, 0.15) is 18.4 Å². The van der Waals surface area contributed by atoms with E-state index in [-0.39, 0.29) is 42.4 Å². The van der Waals surface area contributed by atoms with Crippen molar-refractivity contribution in [2.45, 2.75) is 37.4 Å². The van der Waals surface area contributed by atoms with Crippen molar-refractivity contribution in [1.82, 2.24) is 9.80 Å². The number of hydrogen-bond donors (Lipinski definition) is 2.